The van der Waals surface area contributed by atoms with Crippen molar-refractivity contribution >= 4 is 17.1 Å². The maximum Gasteiger partial charge on any atom is 0.0499 e. The van der Waals surface area contributed by atoms with Crippen LogP contribution in [0.2, 0.25) is 0 Å². The molecule has 0 aliphatic heterocycles. The van der Waals surface area contributed by atoms with Crippen LogP contribution in [0, 0.1) is 0 Å². The van der Waals surface area contributed by atoms with E-state index in [1.165, 1.54) is 33.4 Å². The van der Waals surface area contributed by atoms with E-state index in [1.54, 1.807) is 0 Å². The molecule has 0 aliphatic carbocycles. The van der Waals surface area contributed by atoms with Gasteiger partial charge in [0.1, 0.15) is 0 Å². The lowest BCUT2D eigenvalue weighted by molar-refractivity contribution is 1.07. The third kappa shape index (κ3) is 6.19. The molecule has 37 heavy (non-hydrogen) atoms. The number of allylic oxidation sites excluding steroid dienone is 6. The van der Waals surface area contributed by atoms with E-state index in [9.17, 15) is 0 Å². The first kappa shape index (κ1) is 27.5. The number of hydrogen-bond donors (Lipinski definition) is 0. The second-order valence-corrected chi connectivity index (χ2v) is 9.04. The summed E-state index contributed by atoms with van der Waals surface area (Å²) in [6.45, 7) is 24.3. The quantitative estimate of drug-likeness (QED) is 0.194. The van der Waals surface area contributed by atoms with Crippen LogP contribution in [0.25, 0.3) is 0 Å². The number of rotatable bonds is 15. The molecular weight excluding hydrogens is 446 g/mol. The lowest BCUT2D eigenvalue weighted by Crippen LogP contribution is -2.18. The molecule has 0 aromatic heterocycles. The number of nitrogens with zero attached hydrogens (tertiary/aromatic N) is 1. The molecule has 0 N–H and O–H groups in total. The second kappa shape index (κ2) is 13.8. The van der Waals surface area contributed by atoms with Gasteiger partial charge in [0.05, 0.1) is 0 Å². The molecule has 0 fully saturated rings. The molecule has 0 saturated carbocycles. The van der Waals surface area contributed by atoms with Crippen molar-refractivity contribution in [1.82, 2.24) is 0 Å². The Morgan fingerprint density at radius 1 is 0.405 bits per heavy atom. The topological polar surface area (TPSA) is 3.24 Å². The number of hydrogen-bond acceptors (Lipinski definition) is 1. The fraction of sp³-hybridized carbons (Fsp3) is 0.167. The van der Waals surface area contributed by atoms with Gasteiger partial charge >= 0.3 is 0 Å². The molecule has 1 heteroatoms. The molecule has 0 atom stereocenters. The average Bonchev–Trinajstić information content (AvgIpc) is 2.90. The molecule has 0 saturated heterocycles. The van der Waals surface area contributed by atoms with E-state index in [1.807, 2.05) is 36.5 Å². The second-order valence-electron chi connectivity index (χ2n) is 9.04. The highest BCUT2D eigenvalue weighted by molar-refractivity contribution is 5.84. The van der Waals surface area contributed by atoms with E-state index >= 15 is 0 Å². The number of anilines is 3. The molecule has 0 spiro atoms. The summed E-state index contributed by atoms with van der Waals surface area (Å²) in [4.78, 5) is 2.43. The standard InChI is InChI=1S/C36H39N/c1-7-16-28-22-13-25-34(31(28)19-10-4)37(35-26-14-23-29(17-8-2)32(35)20-11-5)36-27-15-24-30(18-9-3)33(36)21-12-6/h7-15,22-27H,1-6,16-21H2. The largest absolute Gasteiger partial charge is 0.310 e. The lowest BCUT2D eigenvalue weighted by Gasteiger charge is -2.33. The van der Waals surface area contributed by atoms with Gasteiger partial charge in [-0.3, -0.25) is 0 Å². The van der Waals surface area contributed by atoms with Crippen molar-refractivity contribution in [3.63, 3.8) is 0 Å². The van der Waals surface area contributed by atoms with Crippen molar-refractivity contribution in [3.8, 4) is 0 Å². The molecule has 0 amide bonds. The van der Waals surface area contributed by atoms with Crippen molar-refractivity contribution in [2.75, 3.05) is 4.90 Å². The highest BCUT2D eigenvalue weighted by Crippen LogP contribution is 2.43. The van der Waals surface area contributed by atoms with Crippen molar-refractivity contribution in [1.29, 1.82) is 0 Å². The Balaban J connectivity index is 2.48. The first-order valence-electron chi connectivity index (χ1n) is 12.9. The van der Waals surface area contributed by atoms with Crippen LogP contribution in [0.15, 0.2) is 131 Å². The Morgan fingerprint density at radius 2 is 0.676 bits per heavy atom. The fourth-order valence-electron chi connectivity index (χ4n) is 5.06. The van der Waals surface area contributed by atoms with E-state index in [0.717, 1.165) is 55.6 Å². The Labute approximate surface area is 224 Å². The average molecular weight is 486 g/mol. The van der Waals surface area contributed by atoms with Crippen LogP contribution in [-0.2, 0) is 38.5 Å². The summed E-state index contributed by atoms with van der Waals surface area (Å²) in [5, 5.41) is 0. The first-order chi connectivity index (χ1) is 18.1. The number of benzene rings is 3. The van der Waals surface area contributed by atoms with Crippen LogP contribution in [0.4, 0.5) is 17.1 Å². The maximum atomic E-state index is 4.08. The Kier molecular flexibility index (Phi) is 10.3. The Hall–Kier alpha value is -4.10. The smallest absolute Gasteiger partial charge is 0.0499 e. The first-order valence-corrected chi connectivity index (χ1v) is 12.9. The molecular formula is C36H39N. The molecule has 1 nitrogen and oxygen atoms in total. The van der Waals surface area contributed by atoms with Gasteiger partial charge in [-0.2, -0.15) is 0 Å². The van der Waals surface area contributed by atoms with Crippen molar-refractivity contribution < 1.29 is 0 Å². The zero-order chi connectivity index (χ0) is 26.6. The van der Waals surface area contributed by atoms with Crippen LogP contribution in [0.5, 0.6) is 0 Å². The van der Waals surface area contributed by atoms with Gasteiger partial charge in [0, 0.05) is 17.1 Å². The molecule has 3 aromatic rings. The molecule has 0 heterocycles. The van der Waals surface area contributed by atoms with Gasteiger partial charge in [0.2, 0.25) is 0 Å². The normalized spacial score (nSPS) is 10.4. The van der Waals surface area contributed by atoms with E-state index in [4.69, 9.17) is 0 Å². The van der Waals surface area contributed by atoms with Crippen LogP contribution in [-0.4, -0.2) is 0 Å². The third-order valence-corrected chi connectivity index (χ3v) is 6.61. The van der Waals surface area contributed by atoms with Crippen LogP contribution in [0.3, 0.4) is 0 Å². The van der Waals surface area contributed by atoms with Gasteiger partial charge in [0.25, 0.3) is 0 Å². The molecule has 3 rings (SSSR count). The zero-order valence-electron chi connectivity index (χ0n) is 22.1. The van der Waals surface area contributed by atoms with E-state index in [0.29, 0.717) is 0 Å². The highest BCUT2D eigenvalue weighted by atomic mass is 15.1. The summed E-state index contributed by atoms with van der Waals surface area (Å²) < 4.78 is 0. The summed E-state index contributed by atoms with van der Waals surface area (Å²) >= 11 is 0. The third-order valence-electron chi connectivity index (χ3n) is 6.61. The van der Waals surface area contributed by atoms with Gasteiger partial charge in [-0.25, -0.2) is 0 Å². The predicted molar refractivity (Wildman–Crippen MR) is 165 cm³/mol. The SMILES string of the molecule is C=CCc1cccc(N(c2cccc(CC=C)c2CC=C)c2cccc(CC=C)c2CC=C)c1CC=C. The van der Waals surface area contributed by atoms with Crippen LogP contribution < -0.4 is 4.90 Å². The Morgan fingerprint density at radius 3 is 0.919 bits per heavy atom. The van der Waals surface area contributed by atoms with Crippen molar-refractivity contribution in [3.05, 3.63) is 164 Å². The highest BCUT2D eigenvalue weighted by Gasteiger charge is 2.23. The summed E-state index contributed by atoms with van der Waals surface area (Å²) in [6, 6.07) is 19.7. The minimum atomic E-state index is 0.766. The summed E-state index contributed by atoms with van der Waals surface area (Å²) in [5.74, 6) is 0. The maximum absolute atomic E-state index is 4.08. The van der Waals surface area contributed by atoms with Gasteiger partial charge in [-0.15, -0.1) is 39.5 Å². The Bertz CT molecular complexity index is 1130. The van der Waals surface area contributed by atoms with Gasteiger partial charge in [-0.1, -0.05) is 72.9 Å². The molecule has 0 bridgehead atoms. The van der Waals surface area contributed by atoms with Crippen molar-refractivity contribution in [2.45, 2.75) is 38.5 Å². The summed E-state index contributed by atoms with van der Waals surface area (Å²) in [6.07, 6.45) is 16.6. The monoisotopic (exact) mass is 485 g/mol. The zero-order valence-corrected chi connectivity index (χ0v) is 22.1. The van der Waals surface area contributed by atoms with Crippen LogP contribution in [0.1, 0.15) is 33.4 Å². The molecule has 3 aromatic carbocycles. The summed E-state index contributed by atoms with van der Waals surface area (Å²) in [7, 11) is 0. The molecule has 0 unspecified atom stereocenters. The van der Waals surface area contributed by atoms with E-state index in [2.05, 4.69) is 99.0 Å². The predicted octanol–water partition coefficient (Wildman–Crippen LogP) is 9.53. The van der Waals surface area contributed by atoms with Gasteiger partial charge in [-0.05, 0) is 90.1 Å². The van der Waals surface area contributed by atoms with E-state index in [-0.39, 0.29) is 0 Å². The van der Waals surface area contributed by atoms with Gasteiger partial charge in [0.15, 0.2) is 0 Å². The van der Waals surface area contributed by atoms with E-state index < -0.39 is 0 Å². The minimum Gasteiger partial charge on any atom is -0.310 e. The van der Waals surface area contributed by atoms with Crippen molar-refractivity contribution in [2.24, 2.45) is 0 Å². The molecule has 188 valence electrons. The molecule has 0 aliphatic rings. The minimum absolute atomic E-state index is 0.766. The van der Waals surface area contributed by atoms with Gasteiger partial charge < -0.3 is 4.90 Å². The molecule has 0 radical (unpaired) electrons. The lowest BCUT2D eigenvalue weighted by atomic mass is 9.93. The summed E-state index contributed by atoms with van der Waals surface area (Å²) in [5.41, 5.74) is 11.0. The fourth-order valence-corrected chi connectivity index (χ4v) is 5.06. The van der Waals surface area contributed by atoms with Crippen LogP contribution >= 0.6 is 0 Å².